The maximum absolute atomic E-state index is 13.8. The third-order valence-corrected chi connectivity index (χ3v) is 9.74. The topological polar surface area (TPSA) is 251 Å². The van der Waals surface area contributed by atoms with E-state index in [4.69, 9.17) is 9.47 Å². The van der Waals surface area contributed by atoms with E-state index in [0.29, 0.717) is 19.3 Å². The number of hydrogen-bond donors (Lipinski definition) is 8. The van der Waals surface area contributed by atoms with Gasteiger partial charge in [-0.3, -0.25) is 24.0 Å². The Labute approximate surface area is 335 Å². The number of methoxy groups -OCH3 is 1. The number of amides is 6. The van der Waals surface area contributed by atoms with E-state index in [1.807, 2.05) is 30.3 Å². The molecule has 2 rings (SSSR count). The molecule has 17 nitrogen and oxygen atoms in total. The van der Waals surface area contributed by atoms with Gasteiger partial charge in [-0.15, -0.1) is 0 Å². The van der Waals surface area contributed by atoms with Crippen LogP contribution in [-0.2, 0) is 44.7 Å². The van der Waals surface area contributed by atoms with Crippen molar-refractivity contribution in [3.05, 3.63) is 35.9 Å². The Morgan fingerprint density at radius 2 is 1.30 bits per heavy atom. The van der Waals surface area contributed by atoms with E-state index in [9.17, 15) is 43.8 Å². The molecule has 8 N–H and O–H groups in total. The zero-order chi connectivity index (χ0) is 43.2. The van der Waals surface area contributed by atoms with Crippen LogP contribution in [-0.4, -0.2) is 113 Å². The van der Waals surface area contributed by atoms with Gasteiger partial charge in [-0.25, -0.2) is 9.59 Å². The molecule has 9 atom stereocenters. The van der Waals surface area contributed by atoms with Crippen molar-refractivity contribution in [1.29, 1.82) is 0 Å². The average Bonchev–Trinajstić information content (AvgIpc) is 3.63. The zero-order valence-electron chi connectivity index (χ0n) is 34.8. The van der Waals surface area contributed by atoms with Crippen molar-refractivity contribution < 1.29 is 53.2 Å². The van der Waals surface area contributed by atoms with Crippen molar-refractivity contribution in [3.8, 4) is 0 Å². The van der Waals surface area contributed by atoms with E-state index in [-0.39, 0.29) is 18.3 Å². The zero-order valence-corrected chi connectivity index (χ0v) is 34.8. The van der Waals surface area contributed by atoms with E-state index in [2.05, 4.69) is 31.9 Å². The van der Waals surface area contributed by atoms with Crippen LogP contribution in [0.4, 0.5) is 4.79 Å². The lowest BCUT2D eigenvalue weighted by Crippen LogP contribution is -2.58. The number of esters is 1. The summed E-state index contributed by atoms with van der Waals surface area (Å²) in [5.74, 6) is -5.70. The molecule has 1 aromatic carbocycles. The highest BCUT2D eigenvalue weighted by Crippen LogP contribution is 2.36. The van der Waals surface area contributed by atoms with Crippen LogP contribution in [0.5, 0.6) is 0 Å². The summed E-state index contributed by atoms with van der Waals surface area (Å²) < 4.78 is 9.96. The Morgan fingerprint density at radius 1 is 0.737 bits per heavy atom. The first-order chi connectivity index (χ1) is 26.6. The highest BCUT2D eigenvalue weighted by atomic mass is 16.6. The smallest absolute Gasteiger partial charge is 0.408 e. The van der Waals surface area contributed by atoms with Gasteiger partial charge >= 0.3 is 12.1 Å². The summed E-state index contributed by atoms with van der Waals surface area (Å²) in [5.41, 5.74) is -0.0501. The summed E-state index contributed by atoms with van der Waals surface area (Å²) in [6.07, 6.45) is -0.434. The monoisotopic (exact) mass is 804 g/mol. The minimum Gasteiger partial charge on any atom is -0.467 e. The number of aliphatic hydroxyl groups is 2. The van der Waals surface area contributed by atoms with Crippen LogP contribution in [0.15, 0.2) is 30.3 Å². The van der Waals surface area contributed by atoms with Crippen molar-refractivity contribution in [2.45, 2.75) is 136 Å². The third-order valence-electron chi connectivity index (χ3n) is 9.74. The van der Waals surface area contributed by atoms with Crippen LogP contribution in [0.3, 0.4) is 0 Å². The molecular formula is C40H64N6O11. The number of nitrogens with one attached hydrogen (secondary N) is 6. The molecule has 0 saturated heterocycles. The molecule has 0 unspecified atom stereocenters. The van der Waals surface area contributed by atoms with Gasteiger partial charge in [0.15, 0.2) is 0 Å². The first kappa shape index (κ1) is 48.4. The molecule has 17 heteroatoms. The van der Waals surface area contributed by atoms with Crippen molar-refractivity contribution in [3.63, 3.8) is 0 Å². The Morgan fingerprint density at radius 3 is 1.82 bits per heavy atom. The van der Waals surface area contributed by atoms with Gasteiger partial charge in [0.05, 0.1) is 25.9 Å². The molecule has 0 aliphatic heterocycles. The molecule has 0 radical (unpaired) electrons. The van der Waals surface area contributed by atoms with Gasteiger partial charge in [-0.2, -0.15) is 0 Å². The molecule has 6 amide bonds. The van der Waals surface area contributed by atoms with E-state index in [0.717, 1.165) is 5.56 Å². The third kappa shape index (κ3) is 15.3. The Balaban J connectivity index is 2.18. The summed E-state index contributed by atoms with van der Waals surface area (Å²) in [6, 6.07) is 2.62. The van der Waals surface area contributed by atoms with Gasteiger partial charge < -0.3 is 51.6 Å². The molecule has 0 spiro atoms. The van der Waals surface area contributed by atoms with Crippen LogP contribution in [0.25, 0.3) is 0 Å². The number of rotatable bonds is 19. The van der Waals surface area contributed by atoms with Gasteiger partial charge in [0.25, 0.3) is 0 Å². The van der Waals surface area contributed by atoms with Crippen molar-refractivity contribution in [2.24, 2.45) is 23.7 Å². The number of aliphatic hydroxyl groups excluding tert-OH is 2. The Bertz CT molecular complexity index is 1530. The fourth-order valence-corrected chi connectivity index (χ4v) is 6.54. The largest absolute Gasteiger partial charge is 0.467 e. The SMILES string of the molecule is COC(=O)[C@@H](NC(=O)[C@@H](NC(=O)[C@H]1CCC[C@@H]1[C@@H](O)[C@H](Cc1ccccc1)NC(=O)[C@H](C)NC(=O)[C@H](C)NC(=O)[C@H](CO)NC(=O)OC(C)(C)C)C(C)C)C(C)C. The number of carbonyl (C=O) groups excluding carboxylic acids is 7. The second-order valence-corrected chi connectivity index (χ2v) is 16.3. The summed E-state index contributed by atoms with van der Waals surface area (Å²) in [4.78, 5) is 91.0. The van der Waals surface area contributed by atoms with E-state index >= 15 is 0 Å². The van der Waals surface area contributed by atoms with E-state index < -0.39 is 108 Å². The van der Waals surface area contributed by atoms with Crippen LogP contribution >= 0.6 is 0 Å². The molecule has 1 aliphatic rings. The first-order valence-electron chi connectivity index (χ1n) is 19.5. The summed E-state index contributed by atoms with van der Waals surface area (Å²) >= 11 is 0. The van der Waals surface area contributed by atoms with Gasteiger partial charge in [0.1, 0.15) is 35.8 Å². The van der Waals surface area contributed by atoms with Crippen molar-refractivity contribution in [2.75, 3.05) is 13.7 Å². The average molecular weight is 805 g/mol. The molecule has 1 aromatic rings. The molecule has 0 heterocycles. The van der Waals surface area contributed by atoms with Crippen LogP contribution in [0, 0.1) is 23.7 Å². The Hall–Kier alpha value is -4.77. The molecule has 1 fully saturated rings. The van der Waals surface area contributed by atoms with Crippen LogP contribution in [0.1, 0.15) is 87.1 Å². The lowest BCUT2D eigenvalue weighted by molar-refractivity contribution is -0.147. The molecule has 320 valence electrons. The van der Waals surface area contributed by atoms with Gasteiger partial charge in [0, 0.05) is 5.92 Å². The van der Waals surface area contributed by atoms with Gasteiger partial charge in [-0.1, -0.05) is 64.4 Å². The van der Waals surface area contributed by atoms with Gasteiger partial charge in [0.2, 0.25) is 29.5 Å². The number of benzene rings is 1. The maximum atomic E-state index is 13.8. The van der Waals surface area contributed by atoms with Crippen LogP contribution in [0.2, 0.25) is 0 Å². The highest BCUT2D eigenvalue weighted by Gasteiger charge is 2.43. The lowest BCUT2D eigenvalue weighted by Gasteiger charge is -2.33. The fraction of sp³-hybridized carbons (Fsp3) is 0.675. The van der Waals surface area contributed by atoms with E-state index in [1.165, 1.54) is 21.0 Å². The second-order valence-electron chi connectivity index (χ2n) is 16.3. The molecule has 57 heavy (non-hydrogen) atoms. The summed E-state index contributed by atoms with van der Waals surface area (Å²) in [6.45, 7) is 14.0. The summed E-state index contributed by atoms with van der Waals surface area (Å²) in [7, 11) is 1.23. The predicted molar refractivity (Wildman–Crippen MR) is 210 cm³/mol. The minimum atomic E-state index is -1.41. The fourth-order valence-electron chi connectivity index (χ4n) is 6.54. The molecule has 0 bridgehead atoms. The predicted octanol–water partition coefficient (Wildman–Crippen LogP) is 0.841. The standard InChI is InChI=1S/C40H64N6O11/c1-21(2)30(37(53)46-31(22(3)4)38(54)56-10)45-35(51)27-18-14-17-26(27)32(48)28(19-25-15-12-11-13-16-25)43-34(50)24(6)41-33(49)23(5)42-36(52)29(20-47)44-39(55)57-40(7,8)9/h11-13,15-16,21-24,26-32,47-48H,14,17-20H2,1-10H3,(H,41,49)(H,42,52)(H,43,50)(H,44,55)(H,45,51)(H,46,53)/t23-,24-,26-,27-,28-,29-,30-,31-,32+/m0/s1. The second kappa shape index (κ2) is 22.2. The maximum Gasteiger partial charge on any atom is 0.408 e. The number of alkyl carbamates (subject to hydrolysis) is 1. The van der Waals surface area contributed by atoms with Crippen molar-refractivity contribution >= 4 is 41.6 Å². The normalized spacial score (nSPS) is 19.1. The first-order valence-corrected chi connectivity index (χ1v) is 19.5. The Kier molecular flexibility index (Phi) is 18.9. The van der Waals surface area contributed by atoms with Crippen LogP contribution < -0.4 is 31.9 Å². The quantitative estimate of drug-likeness (QED) is 0.0911. The van der Waals surface area contributed by atoms with Crippen molar-refractivity contribution in [1.82, 2.24) is 31.9 Å². The number of carbonyl (C=O) groups is 7. The molecular weight excluding hydrogens is 740 g/mol. The minimum absolute atomic E-state index is 0.194. The molecule has 0 aromatic heterocycles. The summed E-state index contributed by atoms with van der Waals surface area (Å²) in [5, 5.41) is 37.1. The molecule has 1 aliphatic carbocycles. The lowest BCUT2D eigenvalue weighted by atomic mass is 9.84. The van der Waals surface area contributed by atoms with Gasteiger partial charge in [-0.05, 0) is 77.2 Å². The highest BCUT2D eigenvalue weighted by molar-refractivity contribution is 5.94. The van der Waals surface area contributed by atoms with E-state index in [1.54, 1.807) is 48.5 Å². The number of hydrogen-bond acceptors (Lipinski definition) is 11. The number of ether oxygens (including phenoxy) is 2. The molecule has 1 saturated carbocycles.